The minimum absolute atomic E-state index is 0.269. The lowest BCUT2D eigenvalue weighted by Crippen LogP contribution is -2.31. The first-order valence-electron chi connectivity index (χ1n) is 5.91. The van der Waals surface area contributed by atoms with E-state index in [1.807, 2.05) is 0 Å². The van der Waals surface area contributed by atoms with E-state index in [4.69, 9.17) is 9.84 Å². The van der Waals surface area contributed by atoms with Gasteiger partial charge in [0.05, 0.1) is 11.6 Å². The van der Waals surface area contributed by atoms with E-state index in [1.165, 1.54) is 17.7 Å². The van der Waals surface area contributed by atoms with Crippen LogP contribution in [0, 0.1) is 5.92 Å². The molecule has 5 heteroatoms. The molecule has 0 bridgehead atoms. The largest absolute Gasteiger partial charge is 0.486 e. The van der Waals surface area contributed by atoms with Gasteiger partial charge in [-0.2, -0.15) is 0 Å². The van der Waals surface area contributed by atoms with Crippen molar-refractivity contribution >= 4 is 27.3 Å². The lowest BCUT2D eigenvalue weighted by molar-refractivity contribution is 0.256. The highest BCUT2D eigenvalue weighted by atomic mass is 79.9. The van der Waals surface area contributed by atoms with Gasteiger partial charge in [-0.05, 0) is 47.2 Å². The van der Waals surface area contributed by atoms with Crippen LogP contribution in [0.2, 0.25) is 0 Å². The molecule has 0 spiro atoms. The van der Waals surface area contributed by atoms with Gasteiger partial charge in [0.2, 0.25) is 0 Å². The third-order valence-electron chi connectivity index (χ3n) is 3.06. The van der Waals surface area contributed by atoms with Gasteiger partial charge in [0.15, 0.2) is 5.06 Å². The van der Waals surface area contributed by atoms with E-state index in [9.17, 15) is 0 Å². The van der Waals surface area contributed by atoms with Crippen molar-refractivity contribution in [2.45, 2.75) is 31.8 Å². The average Bonchev–Trinajstić information content (AvgIpc) is 3.09. The van der Waals surface area contributed by atoms with Crippen molar-refractivity contribution in [2.24, 2.45) is 5.92 Å². The van der Waals surface area contributed by atoms with E-state index in [0.29, 0.717) is 6.04 Å². The number of hydrogen-bond donors (Lipinski definition) is 2. The SMILES string of the molecule is COc1sc(CNC(CCO)C2CC2)cc1Br. The van der Waals surface area contributed by atoms with Gasteiger partial charge in [0, 0.05) is 24.1 Å². The molecule has 1 aromatic heterocycles. The second-order valence-corrected chi connectivity index (χ2v) is 6.34. The second kappa shape index (κ2) is 6.18. The van der Waals surface area contributed by atoms with Crippen molar-refractivity contribution in [2.75, 3.05) is 13.7 Å². The van der Waals surface area contributed by atoms with E-state index in [-0.39, 0.29) is 6.61 Å². The zero-order valence-electron chi connectivity index (χ0n) is 9.91. The van der Waals surface area contributed by atoms with E-state index in [0.717, 1.165) is 28.4 Å². The summed E-state index contributed by atoms with van der Waals surface area (Å²) in [6.07, 6.45) is 3.46. The summed E-state index contributed by atoms with van der Waals surface area (Å²) < 4.78 is 6.26. The van der Waals surface area contributed by atoms with Crippen molar-refractivity contribution in [3.8, 4) is 5.06 Å². The molecule has 1 saturated carbocycles. The minimum atomic E-state index is 0.269. The number of nitrogens with one attached hydrogen (secondary N) is 1. The van der Waals surface area contributed by atoms with Crippen LogP contribution in [0.4, 0.5) is 0 Å². The summed E-state index contributed by atoms with van der Waals surface area (Å²) in [5.41, 5.74) is 0. The molecule has 1 aromatic rings. The van der Waals surface area contributed by atoms with Gasteiger partial charge in [0.25, 0.3) is 0 Å². The van der Waals surface area contributed by atoms with Crippen LogP contribution in [0.15, 0.2) is 10.5 Å². The van der Waals surface area contributed by atoms with Crippen LogP contribution in [0.1, 0.15) is 24.1 Å². The van der Waals surface area contributed by atoms with Gasteiger partial charge in [-0.1, -0.05) is 0 Å². The first-order valence-corrected chi connectivity index (χ1v) is 7.52. The maximum atomic E-state index is 9.03. The molecule has 3 nitrogen and oxygen atoms in total. The molecular weight excluding hydrogens is 302 g/mol. The fourth-order valence-corrected chi connectivity index (χ4v) is 3.64. The molecule has 2 N–H and O–H groups in total. The predicted octanol–water partition coefficient (Wildman–Crippen LogP) is 2.77. The van der Waals surface area contributed by atoms with Crippen molar-refractivity contribution in [1.82, 2.24) is 5.32 Å². The Balaban J connectivity index is 1.86. The second-order valence-electron chi connectivity index (χ2n) is 4.39. The smallest absolute Gasteiger partial charge is 0.188 e. The van der Waals surface area contributed by atoms with E-state index in [2.05, 4.69) is 27.3 Å². The molecule has 2 rings (SSSR count). The Morgan fingerprint density at radius 3 is 2.94 bits per heavy atom. The van der Waals surface area contributed by atoms with Crippen molar-refractivity contribution in [1.29, 1.82) is 0 Å². The van der Waals surface area contributed by atoms with Gasteiger partial charge in [-0.15, -0.1) is 11.3 Å². The zero-order chi connectivity index (χ0) is 12.3. The molecule has 1 atom stereocenters. The highest BCUT2D eigenvalue weighted by molar-refractivity contribution is 9.10. The molecule has 0 saturated heterocycles. The number of thiophene rings is 1. The lowest BCUT2D eigenvalue weighted by Gasteiger charge is -2.16. The van der Waals surface area contributed by atoms with Crippen molar-refractivity contribution in [3.63, 3.8) is 0 Å². The van der Waals surface area contributed by atoms with Crippen LogP contribution in [0.5, 0.6) is 5.06 Å². The Morgan fingerprint density at radius 1 is 1.65 bits per heavy atom. The van der Waals surface area contributed by atoms with Gasteiger partial charge < -0.3 is 15.2 Å². The van der Waals surface area contributed by atoms with E-state index >= 15 is 0 Å². The molecule has 0 aliphatic heterocycles. The summed E-state index contributed by atoms with van der Waals surface area (Å²) in [4.78, 5) is 1.26. The number of ether oxygens (including phenoxy) is 1. The molecule has 0 amide bonds. The van der Waals surface area contributed by atoms with Gasteiger partial charge in [-0.25, -0.2) is 0 Å². The summed E-state index contributed by atoms with van der Waals surface area (Å²) in [5, 5.41) is 13.5. The molecule has 96 valence electrons. The zero-order valence-corrected chi connectivity index (χ0v) is 12.3. The molecular formula is C12H18BrNO2S. The molecule has 1 unspecified atom stereocenters. The van der Waals surface area contributed by atoms with Crippen LogP contribution >= 0.6 is 27.3 Å². The number of methoxy groups -OCH3 is 1. The fraction of sp³-hybridized carbons (Fsp3) is 0.667. The standard InChI is InChI=1S/C12H18BrNO2S/c1-16-12-10(13)6-9(17-12)7-14-11(4-5-15)8-2-3-8/h6,8,11,14-15H,2-5,7H2,1H3. The molecule has 0 aromatic carbocycles. The summed E-state index contributed by atoms with van der Waals surface area (Å²) >= 11 is 5.13. The lowest BCUT2D eigenvalue weighted by atomic mass is 10.1. The third kappa shape index (κ3) is 3.68. The summed E-state index contributed by atoms with van der Waals surface area (Å²) in [6.45, 7) is 1.12. The van der Waals surface area contributed by atoms with Crippen LogP contribution in [0.3, 0.4) is 0 Å². The first kappa shape index (κ1) is 13.3. The number of halogens is 1. The minimum Gasteiger partial charge on any atom is -0.486 e. The Labute approximate surface area is 114 Å². The average molecular weight is 320 g/mol. The summed E-state index contributed by atoms with van der Waals surface area (Å²) in [5.74, 6) is 0.771. The fourth-order valence-electron chi connectivity index (χ4n) is 2.00. The highest BCUT2D eigenvalue weighted by Crippen LogP contribution is 2.36. The van der Waals surface area contributed by atoms with Crippen molar-refractivity contribution < 1.29 is 9.84 Å². The van der Waals surface area contributed by atoms with E-state index in [1.54, 1.807) is 18.4 Å². The molecule has 1 heterocycles. The maximum absolute atomic E-state index is 9.03. The number of hydrogen-bond acceptors (Lipinski definition) is 4. The van der Waals surface area contributed by atoms with Crippen LogP contribution < -0.4 is 10.1 Å². The number of rotatable bonds is 7. The van der Waals surface area contributed by atoms with Gasteiger partial charge in [0.1, 0.15) is 0 Å². The van der Waals surface area contributed by atoms with Crippen LogP contribution in [0.25, 0.3) is 0 Å². The maximum Gasteiger partial charge on any atom is 0.188 e. The number of aliphatic hydroxyl groups is 1. The monoisotopic (exact) mass is 319 g/mol. The Bertz CT molecular complexity index is 365. The van der Waals surface area contributed by atoms with Crippen LogP contribution in [-0.2, 0) is 6.54 Å². The van der Waals surface area contributed by atoms with E-state index < -0.39 is 0 Å². The van der Waals surface area contributed by atoms with Gasteiger partial charge in [-0.3, -0.25) is 0 Å². The first-order chi connectivity index (χ1) is 8.24. The molecule has 1 aliphatic carbocycles. The van der Waals surface area contributed by atoms with Crippen LogP contribution in [-0.4, -0.2) is 24.9 Å². The van der Waals surface area contributed by atoms with Crippen molar-refractivity contribution in [3.05, 3.63) is 15.4 Å². The highest BCUT2D eigenvalue weighted by Gasteiger charge is 2.30. The molecule has 1 fully saturated rings. The molecule has 0 radical (unpaired) electrons. The topological polar surface area (TPSA) is 41.5 Å². The predicted molar refractivity (Wildman–Crippen MR) is 73.6 cm³/mol. The molecule has 1 aliphatic rings. The Kier molecular flexibility index (Phi) is 4.85. The summed E-state index contributed by atoms with van der Waals surface area (Å²) in [6, 6.07) is 2.56. The summed E-state index contributed by atoms with van der Waals surface area (Å²) in [7, 11) is 1.69. The quantitative estimate of drug-likeness (QED) is 0.812. The normalized spacial score (nSPS) is 17.1. The van der Waals surface area contributed by atoms with Gasteiger partial charge >= 0.3 is 0 Å². The Morgan fingerprint density at radius 2 is 2.41 bits per heavy atom. The number of aliphatic hydroxyl groups excluding tert-OH is 1. The Hall–Kier alpha value is -0.100. The third-order valence-corrected chi connectivity index (χ3v) is 5.01. The molecule has 17 heavy (non-hydrogen) atoms.